The first-order valence-electron chi connectivity index (χ1n) is 6.38. The third-order valence-corrected chi connectivity index (χ3v) is 3.38. The number of benzene rings is 1. The number of carbonyl (C=O) groups is 1. The highest BCUT2D eigenvalue weighted by Crippen LogP contribution is 2.16. The second-order valence-electron chi connectivity index (χ2n) is 4.89. The summed E-state index contributed by atoms with van der Waals surface area (Å²) in [6.07, 6.45) is 5.47. The summed E-state index contributed by atoms with van der Waals surface area (Å²) in [5.41, 5.74) is 0.843. The van der Waals surface area contributed by atoms with Gasteiger partial charge in [-0.15, -0.1) is 0 Å². The van der Waals surface area contributed by atoms with E-state index in [9.17, 15) is 9.18 Å². The van der Waals surface area contributed by atoms with E-state index in [1.807, 2.05) is 4.90 Å². The Hall–Kier alpha value is -1.64. The molecule has 0 bridgehead atoms. The first kappa shape index (κ1) is 12.8. The summed E-state index contributed by atoms with van der Waals surface area (Å²) < 4.78 is 12.7. The largest absolute Gasteiger partial charge is 0.339 e. The second-order valence-corrected chi connectivity index (χ2v) is 4.89. The summed E-state index contributed by atoms with van der Waals surface area (Å²) >= 11 is 0. The lowest BCUT2D eigenvalue weighted by Gasteiger charge is -2.29. The van der Waals surface area contributed by atoms with Crippen molar-refractivity contribution in [3.05, 3.63) is 41.7 Å². The Balaban J connectivity index is 1.92. The van der Waals surface area contributed by atoms with Crippen LogP contribution in [-0.4, -0.2) is 23.9 Å². The van der Waals surface area contributed by atoms with Crippen molar-refractivity contribution in [2.75, 3.05) is 13.1 Å². The van der Waals surface area contributed by atoms with Crippen LogP contribution in [0.3, 0.4) is 0 Å². The molecule has 2 nitrogen and oxygen atoms in total. The van der Waals surface area contributed by atoms with Gasteiger partial charge in [0, 0.05) is 19.2 Å². The summed E-state index contributed by atoms with van der Waals surface area (Å²) in [4.78, 5) is 13.8. The molecule has 18 heavy (non-hydrogen) atoms. The number of piperidine rings is 1. The van der Waals surface area contributed by atoms with Crippen LogP contribution in [0.2, 0.25) is 0 Å². The maximum Gasteiger partial charge on any atom is 0.246 e. The zero-order chi connectivity index (χ0) is 13.0. The minimum Gasteiger partial charge on any atom is -0.339 e. The number of hydrogen-bond acceptors (Lipinski definition) is 1. The number of halogens is 1. The molecule has 1 amide bonds. The van der Waals surface area contributed by atoms with E-state index in [0.717, 1.165) is 37.4 Å². The zero-order valence-electron chi connectivity index (χ0n) is 10.6. The van der Waals surface area contributed by atoms with Crippen LogP contribution in [0.15, 0.2) is 30.3 Å². The first-order valence-corrected chi connectivity index (χ1v) is 6.38. The Bertz CT molecular complexity index is 430. The predicted octanol–water partition coefficient (Wildman–Crippen LogP) is 3.10. The Morgan fingerprint density at radius 2 is 1.89 bits per heavy atom. The molecule has 2 rings (SSSR count). The summed E-state index contributed by atoms with van der Waals surface area (Å²) in [6.45, 7) is 3.90. The number of nitrogens with zero attached hydrogens (tertiary/aromatic N) is 1. The number of rotatable bonds is 2. The zero-order valence-corrected chi connectivity index (χ0v) is 10.6. The van der Waals surface area contributed by atoms with E-state index in [0.29, 0.717) is 0 Å². The molecule has 0 radical (unpaired) electrons. The van der Waals surface area contributed by atoms with Crippen molar-refractivity contribution in [2.24, 2.45) is 5.92 Å². The fourth-order valence-electron chi connectivity index (χ4n) is 2.08. The molecule has 0 spiro atoms. The molecule has 0 saturated carbocycles. The van der Waals surface area contributed by atoms with Gasteiger partial charge in [0.05, 0.1) is 0 Å². The molecule has 0 unspecified atom stereocenters. The molecule has 0 aromatic heterocycles. The standard InChI is InChI=1S/C15H18FNO/c1-12-8-10-17(11-9-12)15(18)7-4-13-2-5-14(16)6-3-13/h2-7,12H,8-11H2,1H3. The minimum atomic E-state index is -0.261. The fraction of sp³-hybridized carbons (Fsp3) is 0.400. The van der Waals surface area contributed by atoms with Crippen LogP contribution in [0.1, 0.15) is 25.3 Å². The van der Waals surface area contributed by atoms with Crippen molar-refractivity contribution >= 4 is 12.0 Å². The average Bonchev–Trinajstić information content (AvgIpc) is 2.38. The normalized spacial score (nSPS) is 17.3. The van der Waals surface area contributed by atoms with E-state index in [4.69, 9.17) is 0 Å². The van der Waals surface area contributed by atoms with Gasteiger partial charge >= 0.3 is 0 Å². The fourth-order valence-corrected chi connectivity index (χ4v) is 2.08. The van der Waals surface area contributed by atoms with Crippen molar-refractivity contribution in [3.8, 4) is 0 Å². The van der Waals surface area contributed by atoms with Crippen molar-refractivity contribution in [1.82, 2.24) is 4.90 Å². The van der Waals surface area contributed by atoms with E-state index in [2.05, 4.69) is 6.92 Å². The van der Waals surface area contributed by atoms with E-state index in [1.165, 1.54) is 12.1 Å². The highest BCUT2D eigenvalue weighted by Gasteiger charge is 2.18. The van der Waals surface area contributed by atoms with Crippen LogP contribution < -0.4 is 0 Å². The van der Waals surface area contributed by atoms with Gasteiger partial charge in [0.25, 0.3) is 0 Å². The highest BCUT2D eigenvalue weighted by molar-refractivity contribution is 5.91. The molecule has 1 heterocycles. The third-order valence-electron chi connectivity index (χ3n) is 3.38. The van der Waals surface area contributed by atoms with Gasteiger partial charge in [-0.2, -0.15) is 0 Å². The van der Waals surface area contributed by atoms with Gasteiger partial charge in [0.15, 0.2) is 0 Å². The smallest absolute Gasteiger partial charge is 0.246 e. The lowest BCUT2D eigenvalue weighted by molar-refractivity contribution is -0.127. The topological polar surface area (TPSA) is 20.3 Å². The predicted molar refractivity (Wildman–Crippen MR) is 70.4 cm³/mol. The summed E-state index contributed by atoms with van der Waals surface area (Å²) in [5.74, 6) is 0.504. The molecule has 3 heteroatoms. The summed E-state index contributed by atoms with van der Waals surface area (Å²) in [7, 11) is 0. The molecule has 1 aromatic rings. The first-order chi connectivity index (χ1) is 8.65. The number of hydrogen-bond donors (Lipinski definition) is 0. The third kappa shape index (κ3) is 3.42. The molecular formula is C15H18FNO. The number of carbonyl (C=O) groups excluding carboxylic acids is 1. The average molecular weight is 247 g/mol. The lowest BCUT2D eigenvalue weighted by Crippen LogP contribution is -2.36. The molecule has 96 valence electrons. The van der Waals surface area contributed by atoms with Crippen molar-refractivity contribution in [3.63, 3.8) is 0 Å². The van der Waals surface area contributed by atoms with Gasteiger partial charge in [-0.1, -0.05) is 19.1 Å². The molecule has 1 aliphatic heterocycles. The maximum atomic E-state index is 12.7. The Morgan fingerprint density at radius 3 is 2.50 bits per heavy atom. The van der Waals surface area contributed by atoms with Gasteiger partial charge in [0.2, 0.25) is 5.91 Å². The van der Waals surface area contributed by atoms with E-state index < -0.39 is 0 Å². The van der Waals surface area contributed by atoms with Crippen LogP contribution in [0.4, 0.5) is 4.39 Å². The molecular weight excluding hydrogens is 229 g/mol. The van der Waals surface area contributed by atoms with Crippen LogP contribution in [-0.2, 0) is 4.79 Å². The van der Waals surface area contributed by atoms with E-state index in [-0.39, 0.29) is 11.7 Å². The molecule has 1 aromatic carbocycles. The highest BCUT2D eigenvalue weighted by atomic mass is 19.1. The molecule has 1 fully saturated rings. The second kappa shape index (κ2) is 5.80. The van der Waals surface area contributed by atoms with E-state index >= 15 is 0 Å². The van der Waals surface area contributed by atoms with Crippen molar-refractivity contribution in [2.45, 2.75) is 19.8 Å². The van der Waals surface area contributed by atoms with E-state index in [1.54, 1.807) is 24.3 Å². The Kier molecular flexibility index (Phi) is 4.13. The Morgan fingerprint density at radius 1 is 1.28 bits per heavy atom. The molecule has 0 aliphatic carbocycles. The van der Waals surface area contributed by atoms with Gasteiger partial charge in [-0.05, 0) is 42.5 Å². The monoisotopic (exact) mass is 247 g/mol. The SMILES string of the molecule is CC1CCN(C(=O)C=Cc2ccc(F)cc2)CC1. The summed E-state index contributed by atoms with van der Waals surface area (Å²) in [6, 6.07) is 6.12. The van der Waals surface area contributed by atoms with Crippen LogP contribution in [0.5, 0.6) is 0 Å². The molecule has 0 atom stereocenters. The van der Waals surface area contributed by atoms with Gasteiger partial charge in [0.1, 0.15) is 5.82 Å². The minimum absolute atomic E-state index is 0.0474. The molecule has 1 saturated heterocycles. The number of amides is 1. The maximum absolute atomic E-state index is 12.7. The molecule has 0 N–H and O–H groups in total. The van der Waals surface area contributed by atoms with Crippen LogP contribution >= 0.6 is 0 Å². The van der Waals surface area contributed by atoms with Gasteiger partial charge in [-0.25, -0.2) is 4.39 Å². The van der Waals surface area contributed by atoms with Crippen LogP contribution in [0.25, 0.3) is 6.08 Å². The van der Waals surface area contributed by atoms with Crippen molar-refractivity contribution in [1.29, 1.82) is 0 Å². The van der Waals surface area contributed by atoms with Crippen molar-refractivity contribution < 1.29 is 9.18 Å². The molecule has 1 aliphatic rings. The van der Waals surface area contributed by atoms with Crippen LogP contribution in [0, 0.1) is 11.7 Å². The number of likely N-dealkylation sites (tertiary alicyclic amines) is 1. The van der Waals surface area contributed by atoms with Gasteiger partial charge < -0.3 is 4.90 Å². The Labute approximate surface area is 107 Å². The van der Waals surface area contributed by atoms with Gasteiger partial charge in [-0.3, -0.25) is 4.79 Å². The summed E-state index contributed by atoms with van der Waals surface area (Å²) in [5, 5.41) is 0. The lowest BCUT2D eigenvalue weighted by atomic mass is 9.99. The quantitative estimate of drug-likeness (QED) is 0.735.